The Balaban J connectivity index is 3.12. The molecule has 0 radical (unpaired) electrons. The zero-order valence-corrected chi connectivity index (χ0v) is 11.4. The molecule has 1 aromatic carbocycles. The highest BCUT2D eigenvalue weighted by Gasteiger charge is 2.12. The smallest absolute Gasteiger partial charge is 0.175 e. The van der Waals surface area contributed by atoms with Crippen LogP contribution in [0.15, 0.2) is 16.6 Å². The second-order valence-corrected chi connectivity index (χ2v) is 4.21. The van der Waals surface area contributed by atoms with Crippen LogP contribution in [0.3, 0.4) is 0 Å². The predicted octanol–water partition coefficient (Wildman–Crippen LogP) is 2.00. The van der Waals surface area contributed by atoms with Crippen molar-refractivity contribution in [3.8, 4) is 11.5 Å². The van der Waals surface area contributed by atoms with Gasteiger partial charge in [-0.1, -0.05) is 6.92 Å². The molecule has 0 aliphatic heterocycles. The standard InChI is InChI=1S/C12H15BrO4/c1-3-5-17-11-9(13)6-8(12(14)15)7-10(11)16-4-2/h6-7H,3-5H2,1-2H3,(H,14,15)/p-1. The summed E-state index contributed by atoms with van der Waals surface area (Å²) in [4.78, 5) is 10.8. The first-order valence-corrected chi connectivity index (χ1v) is 6.19. The van der Waals surface area contributed by atoms with Gasteiger partial charge in [-0.3, -0.25) is 0 Å². The van der Waals surface area contributed by atoms with Crippen LogP contribution in [-0.4, -0.2) is 19.2 Å². The summed E-state index contributed by atoms with van der Waals surface area (Å²) >= 11 is 3.27. The Bertz CT molecular complexity index is 404. The Hall–Kier alpha value is -1.23. The topological polar surface area (TPSA) is 58.6 Å². The number of benzene rings is 1. The van der Waals surface area contributed by atoms with Crippen molar-refractivity contribution in [1.29, 1.82) is 0 Å². The van der Waals surface area contributed by atoms with Crippen molar-refractivity contribution in [1.82, 2.24) is 0 Å². The molecule has 0 unspecified atom stereocenters. The third-order valence-electron chi connectivity index (χ3n) is 2.00. The Morgan fingerprint density at radius 1 is 1.35 bits per heavy atom. The van der Waals surface area contributed by atoms with Crippen LogP contribution in [-0.2, 0) is 0 Å². The molecule has 94 valence electrons. The van der Waals surface area contributed by atoms with Gasteiger partial charge < -0.3 is 19.4 Å². The molecule has 17 heavy (non-hydrogen) atoms. The van der Waals surface area contributed by atoms with E-state index in [9.17, 15) is 9.90 Å². The molecule has 0 aliphatic rings. The lowest BCUT2D eigenvalue weighted by molar-refractivity contribution is -0.255. The summed E-state index contributed by atoms with van der Waals surface area (Å²) in [5.41, 5.74) is 0.0594. The van der Waals surface area contributed by atoms with E-state index in [4.69, 9.17) is 9.47 Å². The molecule has 0 saturated heterocycles. The van der Waals surface area contributed by atoms with Crippen LogP contribution in [0.5, 0.6) is 11.5 Å². The van der Waals surface area contributed by atoms with Crippen LogP contribution >= 0.6 is 15.9 Å². The number of aromatic carboxylic acids is 1. The molecule has 0 bridgehead atoms. The van der Waals surface area contributed by atoms with Crippen molar-refractivity contribution in [2.45, 2.75) is 20.3 Å². The molecule has 0 amide bonds. The number of carbonyl (C=O) groups excluding carboxylic acids is 1. The van der Waals surface area contributed by atoms with Crippen molar-refractivity contribution < 1.29 is 19.4 Å². The first-order chi connectivity index (χ1) is 8.10. The van der Waals surface area contributed by atoms with Gasteiger partial charge in [0, 0.05) is 5.56 Å². The number of hydrogen-bond donors (Lipinski definition) is 0. The summed E-state index contributed by atoms with van der Waals surface area (Å²) in [5, 5.41) is 10.8. The van der Waals surface area contributed by atoms with E-state index in [1.807, 2.05) is 13.8 Å². The summed E-state index contributed by atoms with van der Waals surface area (Å²) in [6.45, 7) is 4.79. The van der Waals surface area contributed by atoms with Crippen LogP contribution in [0.4, 0.5) is 0 Å². The average molecular weight is 302 g/mol. The molecule has 0 aliphatic carbocycles. The number of carboxylic acids is 1. The number of hydrogen-bond acceptors (Lipinski definition) is 4. The number of carboxylic acid groups (broad SMARTS) is 1. The fourth-order valence-corrected chi connectivity index (χ4v) is 1.85. The number of ether oxygens (including phenoxy) is 2. The first kappa shape index (κ1) is 13.8. The summed E-state index contributed by atoms with van der Waals surface area (Å²) in [7, 11) is 0. The fraction of sp³-hybridized carbons (Fsp3) is 0.417. The van der Waals surface area contributed by atoms with E-state index >= 15 is 0 Å². The van der Waals surface area contributed by atoms with Crippen molar-refractivity contribution >= 4 is 21.9 Å². The van der Waals surface area contributed by atoms with Gasteiger partial charge in [-0.25, -0.2) is 0 Å². The fourth-order valence-electron chi connectivity index (χ4n) is 1.29. The highest BCUT2D eigenvalue weighted by molar-refractivity contribution is 9.10. The zero-order chi connectivity index (χ0) is 12.8. The molecule has 0 aromatic heterocycles. The van der Waals surface area contributed by atoms with Gasteiger partial charge in [-0.05, 0) is 41.4 Å². The predicted molar refractivity (Wildman–Crippen MR) is 65.4 cm³/mol. The number of rotatable bonds is 6. The Kier molecular flexibility index (Phi) is 5.28. The molecule has 4 nitrogen and oxygen atoms in total. The van der Waals surface area contributed by atoms with Gasteiger partial charge in [0.25, 0.3) is 0 Å². The summed E-state index contributed by atoms with van der Waals surface area (Å²) < 4.78 is 11.4. The van der Waals surface area contributed by atoms with Crippen LogP contribution in [0.25, 0.3) is 0 Å². The largest absolute Gasteiger partial charge is 0.545 e. The second kappa shape index (κ2) is 6.49. The molecule has 1 aromatic rings. The zero-order valence-electron chi connectivity index (χ0n) is 9.79. The first-order valence-electron chi connectivity index (χ1n) is 5.40. The molecule has 0 spiro atoms. The van der Waals surface area contributed by atoms with E-state index in [1.165, 1.54) is 12.1 Å². The van der Waals surface area contributed by atoms with Gasteiger partial charge in [0.15, 0.2) is 11.5 Å². The maximum absolute atomic E-state index is 10.8. The third-order valence-corrected chi connectivity index (χ3v) is 2.58. The maximum atomic E-state index is 10.8. The van der Waals surface area contributed by atoms with E-state index in [-0.39, 0.29) is 5.56 Å². The van der Waals surface area contributed by atoms with Crippen molar-refractivity contribution in [2.75, 3.05) is 13.2 Å². The lowest BCUT2D eigenvalue weighted by Gasteiger charge is -2.15. The van der Waals surface area contributed by atoms with E-state index in [2.05, 4.69) is 15.9 Å². The van der Waals surface area contributed by atoms with E-state index in [0.717, 1.165) is 6.42 Å². The molecule has 0 atom stereocenters. The molecule has 1 rings (SSSR count). The van der Waals surface area contributed by atoms with Crippen molar-refractivity contribution in [2.24, 2.45) is 0 Å². The van der Waals surface area contributed by atoms with E-state index < -0.39 is 5.97 Å². The monoisotopic (exact) mass is 301 g/mol. The summed E-state index contributed by atoms with van der Waals surface area (Å²) in [6, 6.07) is 2.86. The molecule has 5 heteroatoms. The molecule has 0 N–H and O–H groups in total. The van der Waals surface area contributed by atoms with Crippen LogP contribution in [0.2, 0.25) is 0 Å². The lowest BCUT2D eigenvalue weighted by Crippen LogP contribution is -2.22. The summed E-state index contributed by atoms with van der Waals surface area (Å²) in [6.07, 6.45) is 0.861. The van der Waals surface area contributed by atoms with Gasteiger partial charge in [0.1, 0.15) is 0 Å². The van der Waals surface area contributed by atoms with Crippen molar-refractivity contribution in [3.05, 3.63) is 22.2 Å². The maximum Gasteiger partial charge on any atom is 0.175 e. The Morgan fingerprint density at radius 2 is 2.06 bits per heavy atom. The van der Waals surface area contributed by atoms with Crippen LogP contribution in [0.1, 0.15) is 30.6 Å². The summed E-state index contributed by atoms with van der Waals surface area (Å²) in [5.74, 6) is -0.304. The highest BCUT2D eigenvalue weighted by Crippen LogP contribution is 2.36. The van der Waals surface area contributed by atoms with E-state index in [0.29, 0.717) is 29.2 Å². The normalized spacial score (nSPS) is 10.1. The van der Waals surface area contributed by atoms with Gasteiger partial charge in [-0.15, -0.1) is 0 Å². The lowest BCUT2D eigenvalue weighted by atomic mass is 10.2. The Morgan fingerprint density at radius 3 is 2.59 bits per heavy atom. The number of carbonyl (C=O) groups is 1. The van der Waals surface area contributed by atoms with Crippen LogP contribution < -0.4 is 14.6 Å². The SMILES string of the molecule is CCCOc1c(Br)cc(C(=O)[O-])cc1OCC. The Labute approximate surface area is 109 Å². The minimum atomic E-state index is -1.24. The molecule has 0 saturated carbocycles. The molecular weight excluding hydrogens is 288 g/mol. The van der Waals surface area contributed by atoms with Gasteiger partial charge in [-0.2, -0.15) is 0 Å². The third kappa shape index (κ3) is 3.63. The van der Waals surface area contributed by atoms with Gasteiger partial charge >= 0.3 is 0 Å². The highest BCUT2D eigenvalue weighted by atomic mass is 79.9. The molecule has 0 heterocycles. The second-order valence-electron chi connectivity index (χ2n) is 3.35. The molecular formula is C12H14BrO4-. The van der Waals surface area contributed by atoms with Gasteiger partial charge in [0.05, 0.1) is 23.7 Å². The minimum absolute atomic E-state index is 0.0594. The van der Waals surface area contributed by atoms with Gasteiger partial charge in [0.2, 0.25) is 0 Å². The average Bonchev–Trinajstić information content (AvgIpc) is 2.28. The molecule has 0 fully saturated rings. The number of halogens is 1. The van der Waals surface area contributed by atoms with Crippen molar-refractivity contribution in [3.63, 3.8) is 0 Å². The van der Waals surface area contributed by atoms with E-state index in [1.54, 1.807) is 0 Å². The van der Waals surface area contributed by atoms with Crippen LogP contribution in [0, 0.1) is 0 Å². The quantitative estimate of drug-likeness (QED) is 0.806. The minimum Gasteiger partial charge on any atom is -0.545 e.